The zero-order valence-corrected chi connectivity index (χ0v) is 14.6. The van der Waals surface area contributed by atoms with Gasteiger partial charge in [0.25, 0.3) is 0 Å². The monoisotopic (exact) mass is 326 g/mol. The van der Waals surface area contributed by atoms with Crippen LogP contribution in [0, 0.1) is 6.92 Å². The first-order valence-corrected chi connectivity index (χ1v) is 9.25. The number of benzene rings is 1. The van der Waals surface area contributed by atoms with Crippen molar-refractivity contribution >= 4 is 10.0 Å². The smallest absolute Gasteiger partial charge is 0.241 e. The summed E-state index contributed by atoms with van der Waals surface area (Å²) in [4.78, 5) is 0.357. The second-order valence-corrected chi connectivity index (χ2v) is 7.84. The first-order chi connectivity index (χ1) is 10.3. The van der Waals surface area contributed by atoms with Gasteiger partial charge in [-0.2, -0.15) is 0 Å². The lowest BCUT2D eigenvalue weighted by atomic mass is 10.0. The van der Waals surface area contributed by atoms with Gasteiger partial charge in [-0.25, -0.2) is 13.1 Å². The number of ether oxygens (including phenoxy) is 1. The summed E-state index contributed by atoms with van der Waals surface area (Å²) in [6, 6.07) is 3.57. The van der Waals surface area contributed by atoms with E-state index in [0.717, 1.165) is 37.2 Å². The minimum Gasteiger partial charge on any atom is -0.496 e. The van der Waals surface area contributed by atoms with E-state index in [2.05, 4.69) is 10.0 Å². The summed E-state index contributed by atoms with van der Waals surface area (Å²) >= 11 is 0. The molecule has 0 unspecified atom stereocenters. The Kier molecular flexibility index (Phi) is 5.47. The number of methoxy groups -OCH3 is 1. The molecule has 1 aliphatic heterocycles. The van der Waals surface area contributed by atoms with Crippen molar-refractivity contribution < 1.29 is 13.2 Å². The van der Waals surface area contributed by atoms with Crippen molar-refractivity contribution in [1.29, 1.82) is 0 Å². The summed E-state index contributed by atoms with van der Waals surface area (Å²) in [5.74, 6) is 0.941. The fraction of sp³-hybridized carbons (Fsp3) is 0.625. The van der Waals surface area contributed by atoms with Gasteiger partial charge in [0.05, 0.1) is 12.0 Å². The molecule has 0 bridgehead atoms. The molecule has 1 aromatic carbocycles. The van der Waals surface area contributed by atoms with Gasteiger partial charge in [-0.15, -0.1) is 0 Å². The average molecular weight is 326 g/mol. The average Bonchev–Trinajstić information content (AvgIpc) is 2.46. The summed E-state index contributed by atoms with van der Waals surface area (Å²) in [6.45, 7) is 7.58. The molecule has 0 amide bonds. The molecule has 0 radical (unpaired) electrons. The molecule has 1 aromatic rings. The fourth-order valence-corrected chi connectivity index (χ4v) is 4.38. The highest BCUT2D eigenvalue weighted by molar-refractivity contribution is 7.89. The van der Waals surface area contributed by atoms with E-state index in [-0.39, 0.29) is 12.0 Å². The molecule has 2 rings (SSSR count). The number of hydrogen-bond acceptors (Lipinski definition) is 4. The number of sulfonamides is 1. The first kappa shape index (κ1) is 17.2. The summed E-state index contributed by atoms with van der Waals surface area (Å²) in [7, 11) is -1.89. The molecule has 0 aromatic heterocycles. The number of rotatable bonds is 5. The lowest BCUT2D eigenvalue weighted by molar-refractivity contribution is 0.406. The summed E-state index contributed by atoms with van der Waals surface area (Å²) in [5, 5.41) is 3.24. The maximum Gasteiger partial charge on any atom is 0.241 e. The van der Waals surface area contributed by atoms with Crippen LogP contribution in [-0.2, 0) is 10.0 Å². The number of piperidine rings is 1. The molecule has 1 saturated heterocycles. The highest BCUT2D eigenvalue weighted by Gasteiger charge is 2.25. The van der Waals surface area contributed by atoms with Crippen molar-refractivity contribution in [2.75, 3.05) is 20.2 Å². The van der Waals surface area contributed by atoms with Crippen LogP contribution in [0.5, 0.6) is 5.75 Å². The molecule has 22 heavy (non-hydrogen) atoms. The predicted molar refractivity (Wildman–Crippen MR) is 88.0 cm³/mol. The highest BCUT2D eigenvalue weighted by Crippen LogP contribution is 2.31. The molecule has 0 saturated carbocycles. The molecule has 5 nitrogen and oxygen atoms in total. The van der Waals surface area contributed by atoms with Crippen LogP contribution in [0.2, 0.25) is 0 Å². The van der Waals surface area contributed by atoms with Gasteiger partial charge < -0.3 is 10.1 Å². The zero-order chi connectivity index (χ0) is 16.3. The van der Waals surface area contributed by atoms with Crippen LogP contribution in [-0.4, -0.2) is 34.7 Å². The molecule has 1 fully saturated rings. The zero-order valence-electron chi connectivity index (χ0n) is 13.8. The SMILES string of the molecule is COc1cc(C)c(S(=O)(=O)NC2CCNCC2)cc1C(C)C. The lowest BCUT2D eigenvalue weighted by Gasteiger charge is -2.24. The Bertz CT molecular complexity index is 621. The van der Waals surface area contributed by atoms with Crippen LogP contribution in [0.4, 0.5) is 0 Å². The highest BCUT2D eigenvalue weighted by atomic mass is 32.2. The van der Waals surface area contributed by atoms with Gasteiger partial charge in [-0.05, 0) is 62.0 Å². The topological polar surface area (TPSA) is 67.4 Å². The quantitative estimate of drug-likeness (QED) is 0.870. The van der Waals surface area contributed by atoms with E-state index >= 15 is 0 Å². The van der Waals surface area contributed by atoms with Crippen LogP contribution in [0.15, 0.2) is 17.0 Å². The normalized spacial score (nSPS) is 17.0. The van der Waals surface area contributed by atoms with Gasteiger partial charge in [-0.3, -0.25) is 0 Å². The Morgan fingerprint density at radius 3 is 2.45 bits per heavy atom. The van der Waals surface area contributed by atoms with Gasteiger partial charge in [-0.1, -0.05) is 13.8 Å². The molecule has 0 aliphatic carbocycles. The van der Waals surface area contributed by atoms with Gasteiger partial charge in [0.15, 0.2) is 0 Å². The number of nitrogens with one attached hydrogen (secondary N) is 2. The van der Waals surface area contributed by atoms with Crippen molar-refractivity contribution in [2.24, 2.45) is 0 Å². The molecule has 0 spiro atoms. The van der Waals surface area contributed by atoms with Crippen LogP contribution in [0.3, 0.4) is 0 Å². The van der Waals surface area contributed by atoms with Gasteiger partial charge >= 0.3 is 0 Å². The van der Waals surface area contributed by atoms with E-state index < -0.39 is 10.0 Å². The molecule has 1 heterocycles. The van der Waals surface area contributed by atoms with Crippen molar-refractivity contribution in [3.8, 4) is 5.75 Å². The largest absolute Gasteiger partial charge is 0.496 e. The molecule has 0 atom stereocenters. The van der Waals surface area contributed by atoms with Crippen molar-refractivity contribution in [3.63, 3.8) is 0 Å². The summed E-state index contributed by atoms with van der Waals surface area (Å²) in [5.41, 5.74) is 1.63. The van der Waals surface area contributed by atoms with Crippen molar-refractivity contribution in [2.45, 2.75) is 50.5 Å². The molecule has 124 valence electrons. The summed E-state index contributed by atoms with van der Waals surface area (Å²) < 4.78 is 33.7. The second-order valence-electron chi connectivity index (χ2n) is 6.16. The van der Waals surface area contributed by atoms with E-state index in [4.69, 9.17) is 4.74 Å². The molecule has 1 aliphatic rings. The third kappa shape index (κ3) is 3.80. The first-order valence-electron chi connectivity index (χ1n) is 7.76. The van der Waals surface area contributed by atoms with Crippen LogP contribution in [0.25, 0.3) is 0 Å². The Morgan fingerprint density at radius 1 is 1.27 bits per heavy atom. The third-order valence-electron chi connectivity index (χ3n) is 4.10. The Morgan fingerprint density at radius 2 is 1.91 bits per heavy atom. The number of aryl methyl sites for hydroxylation is 1. The minimum absolute atomic E-state index is 0.00949. The van der Waals surface area contributed by atoms with Gasteiger partial charge in [0, 0.05) is 6.04 Å². The van der Waals surface area contributed by atoms with Crippen molar-refractivity contribution in [1.82, 2.24) is 10.0 Å². The Labute approximate surface area is 133 Å². The van der Waals surface area contributed by atoms with E-state index in [0.29, 0.717) is 10.5 Å². The Hall–Kier alpha value is -1.11. The summed E-state index contributed by atoms with van der Waals surface area (Å²) in [6.07, 6.45) is 1.65. The maximum absolute atomic E-state index is 12.7. The fourth-order valence-electron chi connectivity index (χ4n) is 2.82. The van der Waals surface area contributed by atoms with Crippen LogP contribution in [0.1, 0.15) is 43.7 Å². The molecular weight excluding hydrogens is 300 g/mol. The molecular formula is C16H26N2O3S. The maximum atomic E-state index is 12.7. The second kappa shape index (κ2) is 6.98. The molecule has 2 N–H and O–H groups in total. The van der Waals surface area contributed by atoms with Gasteiger partial charge in [0.1, 0.15) is 5.75 Å². The Balaban J connectivity index is 2.35. The number of hydrogen-bond donors (Lipinski definition) is 2. The molecule has 6 heteroatoms. The standard InChI is InChI=1S/C16H26N2O3S/c1-11(2)14-10-16(12(3)9-15(14)21-4)22(19,20)18-13-5-7-17-8-6-13/h9-11,13,17-18H,5-8H2,1-4H3. The van der Waals surface area contributed by atoms with Gasteiger partial charge in [0.2, 0.25) is 10.0 Å². The van der Waals surface area contributed by atoms with E-state index in [1.54, 1.807) is 13.2 Å². The third-order valence-corrected chi connectivity index (χ3v) is 5.76. The predicted octanol–water partition coefficient (Wildman–Crippen LogP) is 2.16. The van der Waals surface area contributed by atoms with E-state index in [1.807, 2.05) is 26.8 Å². The van der Waals surface area contributed by atoms with E-state index in [1.165, 1.54) is 0 Å². The minimum atomic E-state index is -3.50. The van der Waals surface area contributed by atoms with Crippen LogP contribution < -0.4 is 14.8 Å². The van der Waals surface area contributed by atoms with Crippen molar-refractivity contribution in [3.05, 3.63) is 23.3 Å². The van der Waals surface area contributed by atoms with E-state index in [9.17, 15) is 8.42 Å². The lowest BCUT2D eigenvalue weighted by Crippen LogP contribution is -2.42. The van der Waals surface area contributed by atoms with Crippen LogP contribution >= 0.6 is 0 Å².